The quantitative estimate of drug-likeness (QED) is 0.513. The third-order valence-electron chi connectivity index (χ3n) is 4.65. The number of nitrogens with one attached hydrogen (secondary N) is 1. The molecule has 0 aliphatic carbocycles. The lowest BCUT2D eigenvalue weighted by atomic mass is 10.1. The zero-order valence-corrected chi connectivity index (χ0v) is 18.5. The summed E-state index contributed by atoms with van der Waals surface area (Å²) in [5.74, 6) is 0.368. The fraction of sp³-hybridized carbons (Fsp3) is 0.167. The van der Waals surface area contributed by atoms with Crippen LogP contribution in [0.25, 0.3) is 0 Å². The highest BCUT2D eigenvalue weighted by atomic mass is 79.9. The highest BCUT2D eigenvalue weighted by Crippen LogP contribution is 2.27. The lowest BCUT2D eigenvalue weighted by Gasteiger charge is -2.16. The van der Waals surface area contributed by atoms with Gasteiger partial charge in [0.25, 0.3) is 5.91 Å². The highest BCUT2D eigenvalue weighted by Gasteiger charge is 2.11. The van der Waals surface area contributed by atoms with E-state index in [1.54, 1.807) is 43.4 Å². The average Bonchev–Trinajstić information content (AvgIpc) is 2.75. The lowest BCUT2D eigenvalue weighted by molar-refractivity contribution is -0.116. The number of carbonyl (C=O) groups is 2. The molecule has 2 amide bonds. The summed E-state index contributed by atoms with van der Waals surface area (Å²) >= 11 is 3.48. The van der Waals surface area contributed by atoms with E-state index in [9.17, 15) is 9.59 Å². The first-order valence-electron chi connectivity index (χ1n) is 9.56. The SMILES string of the molecule is CC(=O)N(C)c1cccc(NC(=O)c2ccc(OCCc3ccccc3)c(Br)c2)c1. The van der Waals surface area contributed by atoms with E-state index in [1.807, 2.05) is 24.3 Å². The van der Waals surface area contributed by atoms with Crippen molar-refractivity contribution in [2.24, 2.45) is 0 Å². The summed E-state index contributed by atoms with van der Waals surface area (Å²) in [7, 11) is 1.69. The van der Waals surface area contributed by atoms with E-state index in [0.717, 1.165) is 6.42 Å². The fourth-order valence-corrected chi connectivity index (χ4v) is 3.35. The molecule has 3 rings (SSSR count). The standard InChI is InChI=1S/C24H23BrN2O3/c1-17(28)27(2)21-10-6-9-20(16-21)26-24(29)19-11-12-23(22(25)15-19)30-14-13-18-7-4-3-5-8-18/h3-12,15-16H,13-14H2,1-2H3,(H,26,29). The van der Waals surface area contributed by atoms with Crippen LogP contribution < -0.4 is 15.0 Å². The van der Waals surface area contributed by atoms with Crippen molar-refractivity contribution in [3.8, 4) is 5.75 Å². The van der Waals surface area contributed by atoms with Crippen molar-refractivity contribution in [1.82, 2.24) is 0 Å². The van der Waals surface area contributed by atoms with Gasteiger partial charge in [0, 0.05) is 37.3 Å². The van der Waals surface area contributed by atoms with Crippen molar-refractivity contribution in [1.29, 1.82) is 0 Å². The number of carbonyl (C=O) groups excluding carboxylic acids is 2. The first kappa shape index (κ1) is 21.6. The zero-order valence-electron chi connectivity index (χ0n) is 16.9. The predicted octanol–water partition coefficient (Wildman–Crippen LogP) is 5.31. The van der Waals surface area contributed by atoms with Gasteiger partial charge in [-0.3, -0.25) is 9.59 Å². The Morgan fingerprint density at radius 3 is 2.47 bits per heavy atom. The average molecular weight is 467 g/mol. The number of hydrogen-bond donors (Lipinski definition) is 1. The molecule has 5 nitrogen and oxygen atoms in total. The molecule has 0 aliphatic heterocycles. The second-order valence-corrected chi connectivity index (χ2v) is 7.67. The molecule has 0 bridgehead atoms. The third kappa shape index (κ3) is 5.70. The van der Waals surface area contributed by atoms with Gasteiger partial charge in [-0.2, -0.15) is 0 Å². The summed E-state index contributed by atoms with van der Waals surface area (Å²) < 4.78 is 6.56. The molecule has 154 valence electrons. The lowest BCUT2D eigenvalue weighted by Crippen LogP contribution is -2.23. The van der Waals surface area contributed by atoms with Crippen LogP contribution in [-0.4, -0.2) is 25.5 Å². The Balaban J connectivity index is 1.62. The summed E-state index contributed by atoms with van der Waals surface area (Å²) in [6.07, 6.45) is 0.806. The summed E-state index contributed by atoms with van der Waals surface area (Å²) in [6, 6.07) is 22.5. The van der Waals surface area contributed by atoms with Crippen molar-refractivity contribution in [3.05, 3.63) is 88.4 Å². The molecule has 3 aromatic carbocycles. The maximum Gasteiger partial charge on any atom is 0.255 e. The molecule has 0 saturated heterocycles. The highest BCUT2D eigenvalue weighted by molar-refractivity contribution is 9.10. The van der Waals surface area contributed by atoms with Gasteiger partial charge in [-0.05, 0) is 57.9 Å². The number of amides is 2. The second kappa shape index (κ2) is 10.1. The minimum atomic E-state index is -0.242. The maximum atomic E-state index is 12.6. The molecule has 0 aromatic heterocycles. The minimum absolute atomic E-state index is 0.0785. The number of rotatable bonds is 7. The van der Waals surface area contributed by atoms with E-state index < -0.39 is 0 Å². The van der Waals surface area contributed by atoms with E-state index in [-0.39, 0.29) is 11.8 Å². The van der Waals surface area contributed by atoms with Gasteiger partial charge < -0.3 is 15.0 Å². The molecule has 0 fully saturated rings. The van der Waals surface area contributed by atoms with Crippen molar-refractivity contribution >= 4 is 39.1 Å². The smallest absolute Gasteiger partial charge is 0.255 e. The molecule has 30 heavy (non-hydrogen) atoms. The molecule has 0 atom stereocenters. The summed E-state index contributed by atoms with van der Waals surface area (Å²) in [5, 5.41) is 2.87. The van der Waals surface area contributed by atoms with Crippen molar-refractivity contribution in [2.45, 2.75) is 13.3 Å². The molecule has 1 N–H and O–H groups in total. The molecule has 6 heteroatoms. The van der Waals surface area contributed by atoms with Crippen LogP contribution in [0, 0.1) is 0 Å². The molecule has 0 saturated carbocycles. The topological polar surface area (TPSA) is 58.6 Å². The van der Waals surface area contributed by atoms with Crippen molar-refractivity contribution in [3.63, 3.8) is 0 Å². The first-order chi connectivity index (χ1) is 14.4. The number of halogens is 1. The normalized spacial score (nSPS) is 10.4. The summed E-state index contributed by atoms with van der Waals surface area (Å²) in [5.41, 5.74) is 3.04. The molecule has 0 unspecified atom stereocenters. The van der Waals surface area contributed by atoms with Crippen LogP contribution >= 0.6 is 15.9 Å². The van der Waals surface area contributed by atoms with Gasteiger partial charge in [-0.1, -0.05) is 36.4 Å². The van der Waals surface area contributed by atoms with Crippen LogP contribution in [0.5, 0.6) is 5.75 Å². The fourth-order valence-electron chi connectivity index (χ4n) is 2.86. The van der Waals surface area contributed by atoms with E-state index >= 15 is 0 Å². The van der Waals surface area contributed by atoms with Gasteiger partial charge >= 0.3 is 0 Å². The van der Waals surface area contributed by atoms with Crippen LogP contribution in [0.15, 0.2) is 77.3 Å². The minimum Gasteiger partial charge on any atom is -0.492 e. The van der Waals surface area contributed by atoms with Crippen molar-refractivity contribution < 1.29 is 14.3 Å². The number of anilines is 2. The largest absolute Gasteiger partial charge is 0.492 e. The zero-order chi connectivity index (χ0) is 21.5. The molecule has 3 aromatic rings. The van der Waals surface area contributed by atoms with E-state index in [2.05, 4.69) is 33.4 Å². The summed E-state index contributed by atoms with van der Waals surface area (Å²) in [6.45, 7) is 2.04. The van der Waals surface area contributed by atoms with Crippen LogP contribution in [0.4, 0.5) is 11.4 Å². The van der Waals surface area contributed by atoms with Gasteiger partial charge in [0.05, 0.1) is 11.1 Å². The maximum absolute atomic E-state index is 12.6. The molecular weight excluding hydrogens is 444 g/mol. The molecule has 0 spiro atoms. The van der Waals surface area contributed by atoms with E-state index in [4.69, 9.17) is 4.74 Å². The van der Waals surface area contributed by atoms with Crippen LogP contribution in [0.3, 0.4) is 0 Å². The Bertz CT molecular complexity index is 1040. The number of nitrogens with zero attached hydrogens (tertiary/aromatic N) is 1. The van der Waals surface area contributed by atoms with Gasteiger partial charge in [-0.15, -0.1) is 0 Å². The van der Waals surface area contributed by atoms with Gasteiger partial charge in [0.15, 0.2) is 0 Å². The van der Waals surface area contributed by atoms with Crippen molar-refractivity contribution in [2.75, 3.05) is 23.9 Å². The third-order valence-corrected chi connectivity index (χ3v) is 5.27. The Kier molecular flexibility index (Phi) is 7.25. The van der Waals surface area contributed by atoms with Crippen LogP contribution in [-0.2, 0) is 11.2 Å². The predicted molar refractivity (Wildman–Crippen MR) is 123 cm³/mol. The van der Waals surface area contributed by atoms with Gasteiger partial charge in [0.1, 0.15) is 5.75 Å². The second-order valence-electron chi connectivity index (χ2n) is 6.81. The Hall–Kier alpha value is -3.12. The summed E-state index contributed by atoms with van der Waals surface area (Å²) in [4.78, 5) is 25.7. The number of benzene rings is 3. The molecular formula is C24H23BrN2O3. The van der Waals surface area contributed by atoms with Gasteiger partial charge in [-0.25, -0.2) is 0 Å². The molecule has 0 radical (unpaired) electrons. The molecule has 0 heterocycles. The van der Waals surface area contributed by atoms with Crippen LogP contribution in [0.1, 0.15) is 22.8 Å². The van der Waals surface area contributed by atoms with E-state index in [0.29, 0.717) is 33.8 Å². The van der Waals surface area contributed by atoms with Crippen LogP contribution in [0.2, 0.25) is 0 Å². The van der Waals surface area contributed by atoms with Gasteiger partial charge in [0.2, 0.25) is 5.91 Å². The molecule has 0 aliphatic rings. The Morgan fingerprint density at radius 1 is 1.00 bits per heavy atom. The monoisotopic (exact) mass is 466 g/mol. The van der Waals surface area contributed by atoms with E-state index in [1.165, 1.54) is 17.4 Å². The Labute approximate surface area is 184 Å². The first-order valence-corrected chi connectivity index (χ1v) is 10.4. The number of ether oxygens (including phenoxy) is 1. The number of hydrogen-bond acceptors (Lipinski definition) is 3. The Morgan fingerprint density at radius 2 is 1.77 bits per heavy atom.